The van der Waals surface area contributed by atoms with Crippen molar-refractivity contribution in [3.63, 3.8) is 0 Å². The van der Waals surface area contributed by atoms with Gasteiger partial charge in [-0.05, 0) is 42.0 Å². The molecular weight excluding hydrogens is 366 g/mol. The lowest BCUT2D eigenvalue weighted by Crippen LogP contribution is -2.32. The molecule has 8 heteroatoms. The fraction of sp³-hybridized carbons (Fsp3) is 0.263. The lowest BCUT2D eigenvalue weighted by Gasteiger charge is -2.32. The second kappa shape index (κ2) is 6.70. The lowest BCUT2D eigenvalue weighted by atomic mass is 9.78. The van der Waals surface area contributed by atoms with E-state index in [0.29, 0.717) is 16.9 Å². The fourth-order valence-electron chi connectivity index (χ4n) is 3.13. The number of sulfonamides is 1. The minimum atomic E-state index is -3.85. The molecule has 0 saturated heterocycles. The third kappa shape index (κ3) is 3.80. The molecule has 0 radical (unpaired) electrons. The summed E-state index contributed by atoms with van der Waals surface area (Å²) in [5, 5.41) is 5.27. The fourth-order valence-corrected chi connectivity index (χ4v) is 4.21. The standard InChI is InChI=1S/C19H21N3O4S/c1-19(2)11-17(23)21-16-8-7-14(10-15(16)19)27(25,26)22-13-6-4-5-12(9-13)18(24)20-3/h4-10,22H,11H2,1-3H3,(H,20,24)(H,21,23). The van der Waals surface area contributed by atoms with E-state index in [1.165, 1.54) is 19.2 Å². The molecule has 7 nitrogen and oxygen atoms in total. The molecular formula is C19H21N3O4S. The van der Waals surface area contributed by atoms with Gasteiger partial charge in [-0.3, -0.25) is 14.3 Å². The van der Waals surface area contributed by atoms with E-state index >= 15 is 0 Å². The van der Waals surface area contributed by atoms with Gasteiger partial charge in [0.1, 0.15) is 0 Å². The minimum absolute atomic E-state index is 0.0905. The van der Waals surface area contributed by atoms with Crippen LogP contribution in [-0.4, -0.2) is 27.3 Å². The van der Waals surface area contributed by atoms with Crippen molar-refractivity contribution in [3.8, 4) is 0 Å². The van der Waals surface area contributed by atoms with Crippen molar-refractivity contribution >= 4 is 33.2 Å². The number of anilines is 2. The van der Waals surface area contributed by atoms with E-state index in [1.54, 1.807) is 30.3 Å². The van der Waals surface area contributed by atoms with Crippen LogP contribution in [0.5, 0.6) is 0 Å². The Labute approximate surface area is 158 Å². The molecule has 3 N–H and O–H groups in total. The third-order valence-corrected chi connectivity index (χ3v) is 5.89. The Morgan fingerprint density at radius 1 is 1.15 bits per heavy atom. The van der Waals surface area contributed by atoms with Crippen molar-refractivity contribution in [2.45, 2.75) is 30.6 Å². The number of fused-ring (bicyclic) bond motifs is 1. The second-order valence-corrected chi connectivity index (χ2v) is 8.76. The zero-order chi connectivity index (χ0) is 19.8. The average Bonchev–Trinajstić information content (AvgIpc) is 2.59. The molecule has 1 aliphatic heterocycles. The number of hydrogen-bond acceptors (Lipinski definition) is 4. The third-order valence-electron chi connectivity index (χ3n) is 4.51. The molecule has 0 aromatic heterocycles. The lowest BCUT2D eigenvalue weighted by molar-refractivity contribution is -0.117. The molecule has 1 aliphatic rings. The van der Waals surface area contributed by atoms with Crippen LogP contribution < -0.4 is 15.4 Å². The van der Waals surface area contributed by atoms with Crippen molar-refractivity contribution in [2.24, 2.45) is 0 Å². The second-order valence-electron chi connectivity index (χ2n) is 7.08. The van der Waals surface area contributed by atoms with Gasteiger partial charge in [-0.15, -0.1) is 0 Å². The monoisotopic (exact) mass is 387 g/mol. The van der Waals surface area contributed by atoms with Gasteiger partial charge in [0, 0.05) is 35.8 Å². The van der Waals surface area contributed by atoms with Crippen molar-refractivity contribution in [1.82, 2.24) is 5.32 Å². The van der Waals surface area contributed by atoms with Crippen LogP contribution >= 0.6 is 0 Å². The number of benzene rings is 2. The van der Waals surface area contributed by atoms with E-state index in [4.69, 9.17) is 0 Å². The highest BCUT2D eigenvalue weighted by atomic mass is 32.2. The van der Waals surface area contributed by atoms with Gasteiger partial charge in [0.2, 0.25) is 5.91 Å². The van der Waals surface area contributed by atoms with Crippen molar-refractivity contribution in [1.29, 1.82) is 0 Å². The van der Waals surface area contributed by atoms with Crippen LogP contribution in [0.2, 0.25) is 0 Å². The Bertz CT molecular complexity index is 1030. The first-order chi connectivity index (χ1) is 12.6. The van der Waals surface area contributed by atoms with E-state index in [9.17, 15) is 18.0 Å². The molecule has 3 rings (SSSR count). The van der Waals surface area contributed by atoms with Gasteiger partial charge in [-0.2, -0.15) is 0 Å². The molecule has 0 atom stereocenters. The van der Waals surface area contributed by atoms with E-state index in [1.807, 2.05) is 13.8 Å². The zero-order valence-corrected chi connectivity index (χ0v) is 16.1. The zero-order valence-electron chi connectivity index (χ0n) is 15.3. The van der Waals surface area contributed by atoms with E-state index in [-0.39, 0.29) is 23.1 Å². The van der Waals surface area contributed by atoms with Gasteiger partial charge in [0.15, 0.2) is 0 Å². The molecule has 0 spiro atoms. The normalized spacial score (nSPS) is 15.4. The molecule has 1 heterocycles. The predicted octanol–water partition coefficient (Wildman–Crippen LogP) is 2.47. The highest BCUT2D eigenvalue weighted by Gasteiger charge is 2.33. The number of amides is 2. The SMILES string of the molecule is CNC(=O)c1cccc(NS(=O)(=O)c2ccc3c(c2)C(C)(C)CC(=O)N3)c1. The summed E-state index contributed by atoms with van der Waals surface area (Å²) >= 11 is 0. The van der Waals surface area contributed by atoms with Crippen LogP contribution in [0.25, 0.3) is 0 Å². The molecule has 0 bridgehead atoms. The minimum Gasteiger partial charge on any atom is -0.355 e. The smallest absolute Gasteiger partial charge is 0.261 e. The Kier molecular flexibility index (Phi) is 4.69. The Balaban J connectivity index is 1.95. The van der Waals surface area contributed by atoms with Gasteiger partial charge >= 0.3 is 0 Å². The number of carbonyl (C=O) groups is 2. The summed E-state index contributed by atoms with van der Waals surface area (Å²) in [5.74, 6) is -0.394. The van der Waals surface area contributed by atoms with Gasteiger partial charge in [0.25, 0.3) is 15.9 Å². The van der Waals surface area contributed by atoms with Crippen LogP contribution in [-0.2, 0) is 20.2 Å². The highest BCUT2D eigenvalue weighted by molar-refractivity contribution is 7.92. The summed E-state index contributed by atoms with van der Waals surface area (Å²) in [4.78, 5) is 23.6. The van der Waals surface area contributed by atoms with Gasteiger partial charge in [-0.25, -0.2) is 8.42 Å². The van der Waals surface area contributed by atoms with Gasteiger partial charge in [-0.1, -0.05) is 19.9 Å². The van der Waals surface area contributed by atoms with Crippen LogP contribution in [0.1, 0.15) is 36.2 Å². The van der Waals surface area contributed by atoms with Crippen molar-refractivity contribution in [3.05, 3.63) is 53.6 Å². The summed E-state index contributed by atoms with van der Waals surface area (Å²) in [7, 11) is -2.35. The van der Waals surface area contributed by atoms with Crippen LogP contribution in [0.4, 0.5) is 11.4 Å². The van der Waals surface area contributed by atoms with Crippen LogP contribution in [0.15, 0.2) is 47.4 Å². The molecule has 27 heavy (non-hydrogen) atoms. The predicted molar refractivity (Wildman–Crippen MR) is 103 cm³/mol. The summed E-state index contributed by atoms with van der Waals surface area (Å²) in [6.45, 7) is 3.81. The van der Waals surface area contributed by atoms with Crippen molar-refractivity contribution < 1.29 is 18.0 Å². The molecule has 0 saturated carbocycles. The maximum Gasteiger partial charge on any atom is 0.261 e. The molecule has 142 valence electrons. The molecule has 0 aliphatic carbocycles. The summed E-state index contributed by atoms with van der Waals surface area (Å²) < 4.78 is 28.1. The Hall–Kier alpha value is -2.87. The molecule has 2 aromatic rings. The van der Waals surface area contributed by atoms with Gasteiger partial charge < -0.3 is 10.6 Å². The Morgan fingerprint density at radius 3 is 2.59 bits per heavy atom. The largest absolute Gasteiger partial charge is 0.355 e. The molecule has 0 unspecified atom stereocenters. The molecule has 2 amide bonds. The highest BCUT2D eigenvalue weighted by Crippen LogP contribution is 2.38. The topological polar surface area (TPSA) is 104 Å². The van der Waals surface area contributed by atoms with Crippen LogP contribution in [0, 0.1) is 0 Å². The average molecular weight is 387 g/mol. The maximum atomic E-state index is 12.8. The number of hydrogen-bond donors (Lipinski definition) is 3. The maximum absolute atomic E-state index is 12.8. The molecule has 2 aromatic carbocycles. The first-order valence-corrected chi connectivity index (χ1v) is 9.90. The van der Waals surface area contributed by atoms with E-state index < -0.39 is 15.4 Å². The number of rotatable bonds is 4. The summed E-state index contributed by atoms with van der Waals surface area (Å²) in [6, 6.07) is 10.9. The Morgan fingerprint density at radius 2 is 1.89 bits per heavy atom. The molecule has 0 fully saturated rings. The summed E-state index contributed by atoms with van der Waals surface area (Å²) in [6.07, 6.45) is 0.283. The van der Waals surface area contributed by atoms with E-state index in [0.717, 1.165) is 5.56 Å². The van der Waals surface area contributed by atoms with Crippen molar-refractivity contribution in [2.75, 3.05) is 17.1 Å². The van der Waals surface area contributed by atoms with Crippen LogP contribution in [0.3, 0.4) is 0 Å². The van der Waals surface area contributed by atoms with Gasteiger partial charge in [0.05, 0.1) is 4.90 Å². The number of nitrogens with one attached hydrogen (secondary N) is 3. The first-order valence-electron chi connectivity index (χ1n) is 8.42. The van der Waals surface area contributed by atoms with E-state index in [2.05, 4.69) is 15.4 Å². The quantitative estimate of drug-likeness (QED) is 0.749. The number of carbonyl (C=O) groups excluding carboxylic acids is 2. The first kappa shape index (κ1) is 18.9. The summed E-state index contributed by atoms with van der Waals surface area (Å²) in [5.41, 5.74) is 1.57.